The molecule has 1 aliphatic heterocycles. The second kappa shape index (κ2) is 6.54. The summed E-state index contributed by atoms with van der Waals surface area (Å²) in [6, 6.07) is 3.49. The molecule has 0 bridgehead atoms. The van der Waals surface area contributed by atoms with Gasteiger partial charge in [0.1, 0.15) is 6.61 Å². The van der Waals surface area contributed by atoms with E-state index in [4.69, 9.17) is 18.9 Å². The molecule has 0 aromatic heterocycles. The summed E-state index contributed by atoms with van der Waals surface area (Å²) in [6.45, 7) is 4.55. The smallest absolute Gasteiger partial charge is 0.203 e. The first-order chi connectivity index (χ1) is 9.99. The first-order valence-corrected chi connectivity index (χ1v) is 7.15. The van der Waals surface area contributed by atoms with E-state index in [9.17, 15) is 5.11 Å². The second-order valence-electron chi connectivity index (χ2n) is 5.84. The van der Waals surface area contributed by atoms with Crippen molar-refractivity contribution in [1.29, 1.82) is 0 Å². The Morgan fingerprint density at radius 3 is 2.29 bits per heavy atom. The van der Waals surface area contributed by atoms with Gasteiger partial charge in [-0.15, -0.1) is 0 Å². The highest BCUT2D eigenvalue weighted by Crippen LogP contribution is 2.39. The molecule has 0 spiro atoms. The summed E-state index contributed by atoms with van der Waals surface area (Å²) in [6.07, 6.45) is 2.08. The molecule has 5 nitrogen and oxygen atoms in total. The van der Waals surface area contributed by atoms with Gasteiger partial charge in [-0.2, -0.15) is 0 Å². The third kappa shape index (κ3) is 3.80. The van der Waals surface area contributed by atoms with Gasteiger partial charge in [0, 0.05) is 0 Å². The number of aliphatic hydroxyl groups is 1. The second-order valence-corrected chi connectivity index (χ2v) is 5.84. The van der Waals surface area contributed by atoms with E-state index >= 15 is 0 Å². The van der Waals surface area contributed by atoms with Gasteiger partial charge in [0.2, 0.25) is 5.75 Å². The van der Waals surface area contributed by atoms with Crippen molar-refractivity contribution in [2.24, 2.45) is 0 Å². The lowest BCUT2D eigenvalue weighted by molar-refractivity contribution is -0.0331. The Balaban J connectivity index is 2.11. The third-order valence-corrected chi connectivity index (χ3v) is 3.67. The first kappa shape index (κ1) is 15.9. The number of methoxy groups -OCH3 is 2. The zero-order valence-corrected chi connectivity index (χ0v) is 13.1. The van der Waals surface area contributed by atoms with Crippen molar-refractivity contribution >= 4 is 0 Å². The van der Waals surface area contributed by atoms with Crippen LogP contribution in [0.1, 0.15) is 32.3 Å². The summed E-state index contributed by atoms with van der Waals surface area (Å²) < 4.78 is 22.4. The highest BCUT2D eigenvalue weighted by molar-refractivity contribution is 5.53. The van der Waals surface area contributed by atoms with Crippen LogP contribution in [0.5, 0.6) is 17.2 Å². The van der Waals surface area contributed by atoms with E-state index in [1.54, 1.807) is 26.4 Å². The molecule has 0 amide bonds. The van der Waals surface area contributed by atoms with Crippen LogP contribution in [0.2, 0.25) is 0 Å². The zero-order chi connectivity index (χ0) is 15.5. The Kier molecular flexibility index (Phi) is 4.96. The number of aliphatic hydroxyl groups excluding tert-OH is 1. The molecule has 1 aromatic rings. The molecular formula is C16H24O5. The molecule has 1 fully saturated rings. The van der Waals surface area contributed by atoms with Crippen molar-refractivity contribution in [2.75, 3.05) is 20.8 Å². The van der Waals surface area contributed by atoms with Gasteiger partial charge in [0.15, 0.2) is 11.5 Å². The Labute approximate surface area is 125 Å². The molecule has 1 aliphatic rings. The molecule has 1 unspecified atom stereocenters. The van der Waals surface area contributed by atoms with Crippen LogP contribution in [0.4, 0.5) is 0 Å². The van der Waals surface area contributed by atoms with Crippen LogP contribution < -0.4 is 14.2 Å². The van der Waals surface area contributed by atoms with E-state index in [0.717, 1.165) is 12.8 Å². The van der Waals surface area contributed by atoms with E-state index in [0.29, 0.717) is 29.4 Å². The highest BCUT2D eigenvalue weighted by Gasteiger charge is 2.32. The maximum atomic E-state index is 9.26. The van der Waals surface area contributed by atoms with Crippen molar-refractivity contribution in [3.8, 4) is 17.2 Å². The molecule has 1 N–H and O–H groups in total. The third-order valence-electron chi connectivity index (χ3n) is 3.67. The molecule has 0 saturated carbocycles. The van der Waals surface area contributed by atoms with Gasteiger partial charge in [-0.25, -0.2) is 0 Å². The van der Waals surface area contributed by atoms with Gasteiger partial charge < -0.3 is 24.1 Å². The molecule has 1 aromatic carbocycles. The van der Waals surface area contributed by atoms with Gasteiger partial charge in [-0.05, 0) is 44.4 Å². The molecule has 21 heavy (non-hydrogen) atoms. The summed E-state index contributed by atoms with van der Waals surface area (Å²) in [7, 11) is 3.13. The van der Waals surface area contributed by atoms with Gasteiger partial charge >= 0.3 is 0 Å². The summed E-state index contributed by atoms with van der Waals surface area (Å²) in [5, 5.41) is 9.26. The average Bonchev–Trinajstić information content (AvgIpc) is 2.83. The number of hydrogen-bond acceptors (Lipinski definition) is 5. The van der Waals surface area contributed by atoms with Crippen LogP contribution in [-0.2, 0) is 11.3 Å². The van der Waals surface area contributed by atoms with Crippen molar-refractivity contribution in [1.82, 2.24) is 0 Å². The maximum absolute atomic E-state index is 9.26. The summed E-state index contributed by atoms with van der Waals surface area (Å²) in [5.74, 6) is 1.65. The fraction of sp³-hybridized carbons (Fsp3) is 0.625. The van der Waals surface area contributed by atoms with Gasteiger partial charge in [0.25, 0.3) is 0 Å². The predicted octanol–water partition coefficient (Wildman–Crippen LogP) is 2.53. The van der Waals surface area contributed by atoms with Crippen molar-refractivity contribution in [2.45, 2.75) is 45.0 Å². The van der Waals surface area contributed by atoms with Gasteiger partial charge in [0.05, 0.1) is 32.5 Å². The molecular weight excluding hydrogens is 272 g/mol. The van der Waals surface area contributed by atoms with Crippen LogP contribution in [0.3, 0.4) is 0 Å². The molecule has 1 saturated heterocycles. The van der Waals surface area contributed by atoms with Crippen LogP contribution in [-0.4, -0.2) is 37.6 Å². The Hall–Kier alpha value is -1.46. The average molecular weight is 296 g/mol. The minimum atomic E-state index is -0.0804. The standard InChI is InChI=1S/C16H24O5/c1-16(2)6-5-12(21-16)10-20-15-13(18-3)7-11(9-17)8-14(15)19-4/h7-8,12,17H,5-6,9-10H2,1-4H3. The van der Waals surface area contributed by atoms with Crippen LogP contribution in [0.15, 0.2) is 12.1 Å². The lowest BCUT2D eigenvalue weighted by atomic mass is 10.1. The summed E-state index contributed by atoms with van der Waals surface area (Å²) in [4.78, 5) is 0. The number of hydrogen-bond donors (Lipinski definition) is 1. The largest absolute Gasteiger partial charge is 0.493 e. The van der Waals surface area contributed by atoms with E-state index in [1.807, 2.05) is 0 Å². The van der Waals surface area contributed by atoms with Gasteiger partial charge in [-0.3, -0.25) is 0 Å². The molecule has 1 atom stereocenters. The number of benzene rings is 1. The first-order valence-electron chi connectivity index (χ1n) is 7.15. The van der Waals surface area contributed by atoms with Crippen molar-refractivity contribution < 1.29 is 24.1 Å². The normalized spacial score (nSPS) is 20.3. The fourth-order valence-corrected chi connectivity index (χ4v) is 2.54. The van der Waals surface area contributed by atoms with Crippen LogP contribution in [0.25, 0.3) is 0 Å². The number of rotatable bonds is 6. The Bertz CT molecular complexity index is 459. The molecule has 2 rings (SSSR count). The molecule has 118 valence electrons. The lowest BCUT2D eigenvalue weighted by Crippen LogP contribution is -2.24. The minimum Gasteiger partial charge on any atom is -0.493 e. The van der Waals surface area contributed by atoms with E-state index < -0.39 is 0 Å². The fourth-order valence-electron chi connectivity index (χ4n) is 2.54. The molecule has 0 radical (unpaired) electrons. The number of ether oxygens (including phenoxy) is 4. The molecule has 1 heterocycles. The minimum absolute atomic E-state index is 0.0759. The van der Waals surface area contributed by atoms with Gasteiger partial charge in [-0.1, -0.05) is 0 Å². The van der Waals surface area contributed by atoms with E-state index in [2.05, 4.69) is 13.8 Å². The van der Waals surface area contributed by atoms with E-state index in [1.165, 1.54) is 0 Å². The highest BCUT2D eigenvalue weighted by atomic mass is 16.6. The summed E-state index contributed by atoms with van der Waals surface area (Å²) in [5.41, 5.74) is 0.637. The van der Waals surface area contributed by atoms with Crippen molar-refractivity contribution in [3.63, 3.8) is 0 Å². The zero-order valence-electron chi connectivity index (χ0n) is 13.1. The Morgan fingerprint density at radius 2 is 1.86 bits per heavy atom. The topological polar surface area (TPSA) is 57.2 Å². The van der Waals surface area contributed by atoms with Crippen LogP contribution >= 0.6 is 0 Å². The van der Waals surface area contributed by atoms with E-state index in [-0.39, 0.29) is 18.3 Å². The summed E-state index contributed by atoms with van der Waals surface area (Å²) >= 11 is 0. The Morgan fingerprint density at radius 1 is 1.24 bits per heavy atom. The lowest BCUT2D eigenvalue weighted by Gasteiger charge is -2.21. The van der Waals surface area contributed by atoms with Crippen LogP contribution in [0, 0.1) is 0 Å². The van der Waals surface area contributed by atoms with Crippen molar-refractivity contribution in [3.05, 3.63) is 17.7 Å². The maximum Gasteiger partial charge on any atom is 0.203 e. The quantitative estimate of drug-likeness (QED) is 0.874. The SMILES string of the molecule is COc1cc(CO)cc(OC)c1OCC1CCC(C)(C)O1. The monoisotopic (exact) mass is 296 g/mol. The predicted molar refractivity (Wildman–Crippen MR) is 79.1 cm³/mol. The molecule has 0 aliphatic carbocycles. The molecule has 5 heteroatoms.